The second-order valence-corrected chi connectivity index (χ2v) is 11.6. The maximum absolute atomic E-state index is 14.9. The van der Waals surface area contributed by atoms with E-state index in [2.05, 4.69) is 20.3 Å². The fourth-order valence-corrected chi connectivity index (χ4v) is 5.57. The van der Waals surface area contributed by atoms with Crippen molar-refractivity contribution in [2.45, 2.75) is 31.1 Å². The van der Waals surface area contributed by atoms with Gasteiger partial charge in [0.25, 0.3) is 0 Å². The lowest BCUT2D eigenvalue weighted by Gasteiger charge is -2.38. The predicted molar refractivity (Wildman–Crippen MR) is 126 cm³/mol. The normalized spacial score (nSPS) is 21.4. The number of sulfone groups is 1. The van der Waals surface area contributed by atoms with E-state index in [1.165, 1.54) is 51.4 Å². The number of halogens is 2. The topological polar surface area (TPSA) is 127 Å². The lowest BCUT2D eigenvalue weighted by molar-refractivity contribution is 0.112. The van der Waals surface area contributed by atoms with Gasteiger partial charge < -0.3 is 11.1 Å². The number of carbonyl (C=O) groups is 1. The summed E-state index contributed by atoms with van der Waals surface area (Å²) in [6.45, 7) is 4.49. The highest BCUT2D eigenvalue weighted by Crippen LogP contribution is 2.39. The highest BCUT2D eigenvalue weighted by Gasteiger charge is 2.49. The van der Waals surface area contributed by atoms with Crippen molar-refractivity contribution in [3.8, 4) is 0 Å². The molecule has 0 saturated carbocycles. The molecule has 0 fully saturated rings. The lowest BCUT2D eigenvalue weighted by Crippen LogP contribution is -2.54. The molecule has 0 amide bonds. The number of nitrogens with two attached hydrogens (primary N) is 1. The number of aldehydes is 1. The molecule has 33 heavy (non-hydrogen) atoms. The molecule has 4 rings (SSSR count). The Morgan fingerprint density at radius 2 is 1.91 bits per heavy atom. The first-order chi connectivity index (χ1) is 15.4. The van der Waals surface area contributed by atoms with E-state index in [0.717, 1.165) is 0 Å². The zero-order chi connectivity index (χ0) is 24.2. The van der Waals surface area contributed by atoms with Crippen molar-refractivity contribution < 1.29 is 17.6 Å². The molecule has 172 valence electrons. The molecule has 0 saturated heterocycles. The van der Waals surface area contributed by atoms with Crippen LogP contribution in [0.5, 0.6) is 0 Å². The Balaban J connectivity index is 1.80. The van der Waals surface area contributed by atoms with Gasteiger partial charge in [-0.2, -0.15) is 0 Å². The van der Waals surface area contributed by atoms with Crippen LogP contribution in [-0.4, -0.2) is 41.0 Å². The summed E-state index contributed by atoms with van der Waals surface area (Å²) >= 11 is 6.02. The third-order valence-electron chi connectivity index (χ3n) is 5.89. The third kappa shape index (κ3) is 3.83. The molecule has 3 N–H and O–H groups in total. The van der Waals surface area contributed by atoms with Gasteiger partial charge in [-0.25, -0.2) is 17.8 Å². The average molecular weight is 490 g/mol. The number of rotatable bonds is 4. The van der Waals surface area contributed by atoms with Gasteiger partial charge in [0, 0.05) is 34.6 Å². The van der Waals surface area contributed by atoms with Gasteiger partial charge in [-0.05, 0) is 45.0 Å². The van der Waals surface area contributed by atoms with Crippen LogP contribution in [0.15, 0.2) is 41.7 Å². The van der Waals surface area contributed by atoms with Crippen LogP contribution in [0.1, 0.15) is 36.7 Å². The lowest BCUT2D eigenvalue weighted by atomic mass is 9.92. The first kappa shape index (κ1) is 23.1. The molecule has 0 aliphatic carbocycles. The monoisotopic (exact) mass is 489 g/mol. The predicted octanol–water partition coefficient (Wildman–Crippen LogP) is 3.76. The first-order valence-corrected chi connectivity index (χ1v) is 12.0. The Kier molecular flexibility index (Phi) is 5.41. The average Bonchev–Trinajstić information content (AvgIpc) is 2.73. The van der Waals surface area contributed by atoms with Crippen molar-refractivity contribution in [3.05, 3.63) is 58.6 Å². The number of aliphatic imine (C=N–C) groups is 1. The number of amidine groups is 1. The summed E-state index contributed by atoms with van der Waals surface area (Å²) < 4.78 is 39.3. The number of pyridine rings is 2. The summed E-state index contributed by atoms with van der Waals surface area (Å²) in [5.74, 6) is -0.778. The Hall–Kier alpha value is -3.11. The van der Waals surface area contributed by atoms with Gasteiger partial charge in [-0.3, -0.25) is 14.8 Å². The minimum atomic E-state index is -3.71. The molecule has 0 spiro atoms. The standard InChI is InChI=1S/C22H21ClFN5O3S/c1-21(2)20(25)29-22(3,11-33(21,31)32)16-7-14(4-5-17(16)24)28-19-18-15(6-13(23)9-26-18)12(10-30)8-27-19/h4-10H,11H2,1-3H3,(H2,25,29)(H,27,28)/t22-/m0/s1. The van der Waals surface area contributed by atoms with Gasteiger partial charge in [0.1, 0.15) is 27.5 Å². The minimum absolute atomic E-state index is 0.0688. The van der Waals surface area contributed by atoms with Gasteiger partial charge in [0.05, 0.1) is 10.8 Å². The summed E-state index contributed by atoms with van der Waals surface area (Å²) in [6.07, 6.45) is 3.46. The van der Waals surface area contributed by atoms with Gasteiger partial charge in [-0.1, -0.05) is 11.6 Å². The molecule has 0 radical (unpaired) electrons. The van der Waals surface area contributed by atoms with E-state index in [0.29, 0.717) is 39.3 Å². The van der Waals surface area contributed by atoms with Crippen LogP contribution in [0.2, 0.25) is 5.02 Å². The number of benzene rings is 1. The number of hydrogen-bond acceptors (Lipinski definition) is 8. The zero-order valence-electron chi connectivity index (χ0n) is 18.1. The number of hydrogen-bond donors (Lipinski definition) is 2. The number of nitrogens with one attached hydrogen (secondary N) is 1. The van der Waals surface area contributed by atoms with E-state index in [9.17, 15) is 17.6 Å². The van der Waals surface area contributed by atoms with E-state index in [1.54, 1.807) is 6.07 Å². The number of carbonyl (C=O) groups excluding carboxylic acids is 1. The zero-order valence-corrected chi connectivity index (χ0v) is 19.6. The fraction of sp³-hybridized carbons (Fsp3) is 0.273. The van der Waals surface area contributed by atoms with Crippen LogP contribution >= 0.6 is 11.6 Å². The second kappa shape index (κ2) is 7.74. The molecule has 3 heterocycles. The van der Waals surface area contributed by atoms with Gasteiger partial charge in [0.15, 0.2) is 21.9 Å². The highest BCUT2D eigenvalue weighted by atomic mass is 35.5. The smallest absolute Gasteiger partial charge is 0.165 e. The van der Waals surface area contributed by atoms with Crippen LogP contribution in [0.25, 0.3) is 10.9 Å². The third-order valence-corrected chi connectivity index (χ3v) is 8.80. The van der Waals surface area contributed by atoms with Gasteiger partial charge >= 0.3 is 0 Å². The quantitative estimate of drug-likeness (QED) is 0.534. The number of nitrogens with zero attached hydrogens (tertiary/aromatic N) is 3. The number of fused-ring (bicyclic) bond motifs is 1. The van der Waals surface area contributed by atoms with Crippen LogP contribution in [0, 0.1) is 5.82 Å². The summed E-state index contributed by atoms with van der Waals surface area (Å²) in [4.78, 5) is 24.3. The largest absolute Gasteiger partial charge is 0.386 e. The Labute approximate surface area is 195 Å². The number of anilines is 2. The maximum Gasteiger partial charge on any atom is 0.165 e. The molecular formula is C22H21ClFN5O3S. The molecule has 3 aromatic rings. The van der Waals surface area contributed by atoms with E-state index < -0.39 is 31.7 Å². The molecule has 0 bridgehead atoms. The van der Waals surface area contributed by atoms with Crippen molar-refractivity contribution in [1.82, 2.24) is 9.97 Å². The Morgan fingerprint density at radius 3 is 2.58 bits per heavy atom. The van der Waals surface area contributed by atoms with Gasteiger partial charge in [0.2, 0.25) is 0 Å². The molecule has 1 aromatic carbocycles. The molecule has 11 heteroatoms. The molecular weight excluding hydrogens is 469 g/mol. The minimum Gasteiger partial charge on any atom is -0.386 e. The highest BCUT2D eigenvalue weighted by molar-refractivity contribution is 7.93. The molecule has 2 aromatic heterocycles. The van der Waals surface area contributed by atoms with Crippen LogP contribution in [0.3, 0.4) is 0 Å². The van der Waals surface area contributed by atoms with E-state index in [-0.39, 0.29) is 11.4 Å². The van der Waals surface area contributed by atoms with E-state index >= 15 is 0 Å². The summed E-state index contributed by atoms with van der Waals surface area (Å²) in [5, 5.41) is 3.92. The van der Waals surface area contributed by atoms with Crippen molar-refractivity contribution in [3.63, 3.8) is 0 Å². The first-order valence-electron chi connectivity index (χ1n) is 9.92. The SMILES string of the molecule is CC1(C)C(N)=N[C@](C)(c2cc(Nc3ncc(C=O)c4cc(Cl)cnc34)ccc2F)CS1(=O)=O. The van der Waals surface area contributed by atoms with Crippen molar-refractivity contribution >= 4 is 56.0 Å². The van der Waals surface area contributed by atoms with Crippen LogP contribution in [-0.2, 0) is 15.4 Å². The van der Waals surface area contributed by atoms with Crippen LogP contribution < -0.4 is 11.1 Å². The Morgan fingerprint density at radius 1 is 1.18 bits per heavy atom. The Bertz CT molecular complexity index is 1440. The summed E-state index contributed by atoms with van der Waals surface area (Å²) in [7, 11) is -3.71. The molecule has 1 atom stereocenters. The van der Waals surface area contributed by atoms with E-state index in [4.69, 9.17) is 17.3 Å². The van der Waals surface area contributed by atoms with Crippen molar-refractivity contribution in [2.24, 2.45) is 10.7 Å². The molecule has 8 nitrogen and oxygen atoms in total. The molecule has 1 aliphatic heterocycles. The summed E-state index contributed by atoms with van der Waals surface area (Å²) in [6, 6.07) is 5.77. The maximum atomic E-state index is 14.9. The van der Waals surface area contributed by atoms with Crippen molar-refractivity contribution in [1.29, 1.82) is 0 Å². The number of aromatic nitrogens is 2. The van der Waals surface area contributed by atoms with Crippen molar-refractivity contribution in [2.75, 3.05) is 11.1 Å². The molecule has 1 aliphatic rings. The van der Waals surface area contributed by atoms with Gasteiger partial charge in [-0.15, -0.1) is 0 Å². The van der Waals surface area contributed by atoms with Crippen LogP contribution in [0.4, 0.5) is 15.9 Å². The fourth-order valence-electron chi connectivity index (χ4n) is 3.73. The van der Waals surface area contributed by atoms with E-state index in [1.807, 2.05) is 0 Å². The summed E-state index contributed by atoms with van der Waals surface area (Å²) in [5.41, 5.74) is 5.78. The molecule has 0 unspecified atom stereocenters. The second-order valence-electron chi connectivity index (χ2n) is 8.59.